The van der Waals surface area contributed by atoms with Gasteiger partial charge in [0.25, 0.3) is 0 Å². The molecule has 0 saturated heterocycles. The van der Waals surface area contributed by atoms with Crippen LogP contribution in [0.15, 0.2) is 24.3 Å². The molecule has 2 aromatic rings. The lowest BCUT2D eigenvalue weighted by Gasteiger charge is -2.21. The highest BCUT2D eigenvalue weighted by atomic mass is 16.3. The zero-order valence-electron chi connectivity index (χ0n) is 12.4. The normalized spacial score (nSPS) is 17.9. The molecule has 1 aliphatic rings. The van der Waals surface area contributed by atoms with Crippen LogP contribution in [0.5, 0.6) is 0 Å². The maximum Gasteiger partial charge on any atom is 0.0962 e. The lowest BCUT2D eigenvalue weighted by Crippen LogP contribution is -2.12. The molecule has 0 spiro atoms. The zero-order chi connectivity index (χ0) is 14.3. The Morgan fingerprint density at radius 3 is 2.50 bits per heavy atom. The summed E-state index contributed by atoms with van der Waals surface area (Å²) >= 11 is 0. The minimum Gasteiger partial charge on any atom is -0.387 e. The first-order chi connectivity index (χ1) is 9.56. The molecule has 1 aliphatic carbocycles. The lowest BCUT2D eigenvalue weighted by atomic mass is 9.91. The standard InChI is InChI=1S/C18H21NO/c1-11-9-12(2)17(13(3)10-11)15-8-7-14-5-4-6-16(20)18(14)19-15/h7-10,16,20H,4-6H2,1-3H3/t16-/m0/s1. The molecule has 1 aromatic carbocycles. The van der Waals surface area contributed by atoms with Crippen molar-refractivity contribution in [2.75, 3.05) is 0 Å². The average molecular weight is 267 g/mol. The fourth-order valence-electron chi connectivity index (χ4n) is 3.35. The van der Waals surface area contributed by atoms with Crippen molar-refractivity contribution in [3.05, 3.63) is 52.2 Å². The third-order valence-electron chi connectivity index (χ3n) is 4.18. The number of nitrogens with zero attached hydrogens (tertiary/aromatic N) is 1. The Hall–Kier alpha value is -1.67. The van der Waals surface area contributed by atoms with E-state index in [1.165, 1.54) is 27.8 Å². The number of fused-ring (bicyclic) bond motifs is 1. The summed E-state index contributed by atoms with van der Waals surface area (Å²) in [5.41, 5.74) is 8.06. The maximum absolute atomic E-state index is 10.2. The topological polar surface area (TPSA) is 33.1 Å². The third kappa shape index (κ3) is 2.25. The van der Waals surface area contributed by atoms with Gasteiger partial charge in [0.05, 0.1) is 17.5 Å². The molecule has 3 rings (SSSR count). The highest BCUT2D eigenvalue weighted by Gasteiger charge is 2.20. The number of rotatable bonds is 1. The Kier molecular flexibility index (Phi) is 3.35. The van der Waals surface area contributed by atoms with Crippen LogP contribution in [0.1, 0.15) is 46.9 Å². The van der Waals surface area contributed by atoms with Crippen LogP contribution in [0.4, 0.5) is 0 Å². The molecule has 2 heteroatoms. The summed E-state index contributed by atoms with van der Waals surface area (Å²) in [6.07, 6.45) is 2.52. The van der Waals surface area contributed by atoms with Crippen molar-refractivity contribution >= 4 is 0 Å². The number of aryl methyl sites for hydroxylation is 4. The number of aromatic nitrogens is 1. The molecule has 1 heterocycles. The van der Waals surface area contributed by atoms with Crippen LogP contribution in [0, 0.1) is 20.8 Å². The Bertz CT molecular complexity index is 637. The Labute approximate surface area is 120 Å². The minimum absolute atomic E-state index is 0.398. The Morgan fingerprint density at radius 2 is 1.80 bits per heavy atom. The fourth-order valence-corrected chi connectivity index (χ4v) is 3.35. The predicted molar refractivity (Wildman–Crippen MR) is 81.8 cm³/mol. The molecule has 2 nitrogen and oxygen atoms in total. The summed E-state index contributed by atoms with van der Waals surface area (Å²) < 4.78 is 0. The van der Waals surface area contributed by atoms with Crippen LogP contribution in [-0.2, 0) is 6.42 Å². The van der Waals surface area contributed by atoms with E-state index in [4.69, 9.17) is 4.98 Å². The van der Waals surface area contributed by atoms with Crippen molar-refractivity contribution in [1.29, 1.82) is 0 Å². The van der Waals surface area contributed by atoms with Crippen LogP contribution in [0.2, 0.25) is 0 Å². The van der Waals surface area contributed by atoms with Crippen molar-refractivity contribution in [2.24, 2.45) is 0 Å². The molecule has 1 atom stereocenters. The second-order valence-corrected chi connectivity index (χ2v) is 5.92. The molecule has 20 heavy (non-hydrogen) atoms. The van der Waals surface area contributed by atoms with Gasteiger partial charge < -0.3 is 5.11 Å². The second kappa shape index (κ2) is 5.02. The average Bonchev–Trinajstić information content (AvgIpc) is 2.38. The summed E-state index contributed by atoms with van der Waals surface area (Å²) in [6.45, 7) is 6.38. The number of hydrogen-bond acceptors (Lipinski definition) is 2. The van der Waals surface area contributed by atoms with Gasteiger partial charge in [-0.2, -0.15) is 0 Å². The van der Waals surface area contributed by atoms with Crippen LogP contribution in [0.3, 0.4) is 0 Å². The largest absolute Gasteiger partial charge is 0.387 e. The number of aliphatic hydroxyl groups is 1. The van der Waals surface area contributed by atoms with Gasteiger partial charge in [0.1, 0.15) is 0 Å². The quantitative estimate of drug-likeness (QED) is 0.845. The van der Waals surface area contributed by atoms with Crippen molar-refractivity contribution in [2.45, 2.75) is 46.1 Å². The first-order valence-electron chi connectivity index (χ1n) is 7.32. The van der Waals surface area contributed by atoms with E-state index in [2.05, 4.69) is 45.0 Å². The van der Waals surface area contributed by atoms with Gasteiger partial charge in [-0.05, 0) is 62.8 Å². The summed E-state index contributed by atoms with van der Waals surface area (Å²) in [6, 6.07) is 8.63. The molecule has 0 radical (unpaired) electrons. The second-order valence-electron chi connectivity index (χ2n) is 5.92. The molecular formula is C18H21NO. The van der Waals surface area contributed by atoms with E-state index in [0.29, 0.717) is 0 Å². The maximum atomic E-state index is 10.2. The smallest absolute Gasteiger partial charge is 0.0962 e. The summed E-state index contributed by atoms with van der Waals surface area (Å²) in [5, 5.41) is 10.2. The Balaban J connectivity index is 2.14. The highest BCUT2D eigenvalue weighted by Crippen LogP contribution is 2.32. The summed E-state index contributed by atoms with van der Waals surface area (Å²) in [4.78, 5) is 4.77. The summed E-state index contributed by atoms with van der Waals surface area (Å²) in [5.74, 6) is 0. The molecule has 0 saturated carbocycles. The van der Waals surface area contributed by atoms with Crippen LogP contribution < -0.4 is 0 Å². The molecule has 1 aromatic heterocycles. The highest BCUT2D eigenvalue weighted by molar-refractivity contribution is 5.68. The van der Waals surface area contributed by atoms with Crippen LogP contribution in [-0.4, -0.2) is 10.1 Å². The SMILES string of the molecule is Cc1cc(C)c(-c2ccc3c(n2)[C@@H](O)CCC3)c(C)c1. The van der Waals surface area contributed by atoms with Crippen molar-refractivity contribution in [3.8, 4) is 11.3 Å². The van der Waals surface area contributed by atoms with E-state index in [0.717, 1.165) is 30.7 Å². The molecule has 104 valence electrons. The lowest BCUT2D eigenvalue weighted by molar-refractivity contribution is 0.151. The fraction of sp³-hybridized carbons (Fsp3) is 0.389. The van der Waals surface area contributed by atoms with E-state index in [-0.39, 0.29) is 0 Å². The molecule has 1 N–H and O–H groups in total. The van der Waals surface area contributed by atoms with Crippen LogP contribution >= 0.6 is 0 Å². The van der Waals surface area contributed by atoms with E-state index >= 15 is 0 Å². The van der Waals surface area contributed by atoms with Gasteiger partial charge >= 0.3 is 0 Å². The first-order valence-corrected chi connectivity index (χ1v) is 7.32. The zero-order valence-corrected chi connectivity index (χ0v) is 12.4. The summed E-state index contributed by atoms with van der Waals surface area (Å²) in [7, 11) is 0. The Morgan fingerprint density at radius 1 is 1.10 bits per heavy atom. The molecule has 0 amide bonds. The van der Waals surface area contributed by atoms with Gasteiger partial charge in [0.2, 0.25) is 0 Å². The van der Waals surface area contributed by atoms with Gasteiger partial charge in [0, 0.05) is 5.56 Å². The van der Waals surface area contributed by atoms with Gasteiger partial charge in [-0.3, -0.25) is 0 Å². The van der Waals surface area contributed by atoms with Gasteiger partial charge in [-0.1, -0.05) is 23.8 Å². The van der Waals surface area contributed by atoms with E-state index in [9.17, 15) is 5.11 Å². The number of pyridine rings is 1. The number of hydrogen-bond donors (Lipinski definition) is 1. The number of aliphatic hydroxyl groups excluding tert-OH is 1. The van der Waals surface area contributed by atoms with Gasteiger partial charge in [-0.15, -0.1) is 0 Å². The third-order valence-corrected chi connectivity index (χ3v) is 4.18. The molecular weight excluding hydrogens is 246 g/mol. The van der Waals surface area contributed by atoms with Crippen molar-refractivity contribution in [1.82, 2.24) is 4.98 Å². The molecule has 0 bridgehead atoms. The minimum atomic E-state index is -0.398. The van der Waals surface area contributed by atoms with Crippen molar-refractivity contribution in [3.63, 3.8) is 0 Å². The monoisotopic (exact) mass is 267 g/mol. The predicted octanol–water partition coefficient (Wildman–Crippen LogP) is 4.04. The molecule has 0 unspecified atom stereocenters. The van der Waals surface area contributed by atoms with Crippen LogP contribution in [0.25, 0.3) is 11.3 Å². The van der Waals surface area contributed by atoms with E-state index in [1.54, 1.807) is 0 Å². The van der Waals surface area contributed by atoms with E-state index < -0.39 is 6.10 Å². The van der Waals surface area contributed by atoms with Gasteiger partial charge in [-0.25, -0.2) is 4.98 Å². The number of benzene rings is 1. The molecule has 0 aliphatic heterocycles. The molecule has 0 fully saturated rings. The van der Waals surface area contributed by atoms with E-state index in [1.807, 2.05) is 0 Å². The van der Waals surface area contributed by atoms with Gasteiger partial charge in [0.15, 0.2) is 0 Å². The first kappa shape index (κ1) is 13.3. The van der Waals surface area contributed by atoms with Crippen molar-refractivity contribution < 1.29 is 5.11 Å².